The van der Waals surface area contributed by atoms with E-state index in [1.807, 2.05) is 0 Å². The molecule has 118 valence electrons. The van der Waals surface area contributed by atoms with Crippen LogP contribution < -0.4 is 0 Å². The molecule has 12 heteroatoms. The molecule has 0 fully saturated rings. The van der Waals surface area contributed by atoms with Crippen LogP contribution in [0.15, 0.2) is 0 Å². The van der Waals surface area contributed by atoms with E-state index < -0.39 is 50.8 Å². The highest BCUT2D eigenvalue weighted by Crippen LogP contribution is 2.59. The van der Waals surface area contributed by atoms with Gasteiger partial charge in [-0.1, -0.05) is 6.92 Å². The van der Waals surface area contributed by atoms with Crippen LogP contribution in [0.4, 0.5) is 0 Å². The minimum absolute atomic E-state index is 0.265. The predicted molar refractivity (Wildman–Crippen MR) is 65.4 cm³/mol. The minimum Gasteiger partial charge on any atom is -0.481 e. The molecule has 10 nitrogen and oxygen atoms in total. The van der Waals surface area contributed by atoms with Crippen LogP contribution in [0.1, 0.15) is 26.2 Å². The Balaban J connectivity index is 5.88. The highest BCUT2D eigenvalue weighted by Gasteiger charge is 2.57. The quantitative estimate of drug-likeness (QED) is 0.324. The first kappa shape index (κ1) is 19.2. The maximum Gasteiger partial charge on any atom is 0.343 e. The van der Waals surface area contributed by atoms with E-state index in [0.29, 0.717) is 0 Å². The molecule has 0 aliphatic rings. The summed E-state index contributed by atoms with van der Waals surface area (Å²) in [4.78, 5) is 58.3. The van der Waals surface area contributed by atoms with Crippen molar-refractivity contribution in [2.75, 3.05) is 0 Å². The van der Waals surface area contributed by atoms with Crippen LogP contribution in [0, 0.1) is 0 Å². The summed E-state index contributed by atoms with van der Waals surface area (Å²) >= 11 is 0. The molecule has 0 radical (unpaired) electrons. The van der Waals surface area contributed by atoms with Crippen molar-refractivity contribution in [3.8, 4) is 0 Å². The second kappa shape index (κ2) is 6.34. The van der Waals surface area contributed by atoms with E-state index in [-0.39, 0.29) is 6.42 Å². The van der Waals surface area contributed by atoms with Gasteiger partial charge in [0.15, 0.2) is 5.16 Å². The first-order valence-electron chi connectivity index (χ1n) is 5.34. The third-order valence-electron chi connectivity index (χ3n) is 2.92. The van der Waals surface area contributed by atoms with Crippen molar-refractivity contribution >= 4 is 27.1 Å². The highest BCUT2D eigenvalue weighted by atomic mass is 31.2. The molecular formula is C8H16O10P2. The molecule has 20 heavy (non-hydrogen) atoms. The Morgan fingerprint density at radius 3 is 1.75 bits per heavy atom. The number of rotatable bonds is 8. The second-order valence-corrected chi connectivity index (χ2v) is 8.16. The average molecular weight is 334 g/mol. The number of hydrogen-bond acceptors (Lipinski definition) is 4. The van der Waals surface area contributed by atoms with Crippen LogP contribution in [0.5, 0.6) is 0 Å². The van der Waals surface area contributed by atoms with Gasteiger partial charge in [-0.2, -0.15) is 0 Å². The van der Waals surface area contributed by atoms with Gasteiger partial charge in [0.2, 0.25) is 0 Å². The fourth-order valence-corrected chi connectivity index (χ4v) is 3.94. The van der Waals surface area contributed by atoms with Gasteiger partial charge in [0, 0.05) is 0 Å². The van der Waals surface area contributed by atoms with Crippen LogP contribution in [0.25, 0.3) is 0 Å². The van der Waals surface area contributed by atoms with E-state index in [2.05, 4.69) is 0 Å². The Morgan fingerprint density at radius 2 is 1.55 bits per heavy atom. The van der Waals surface area contributed by atoms with E-state index in [1.165, 1.54) is 6.92 Å². The zero-order chi connectivity index (χ0) is 16.4. The van der Waals surface area contributed by atoms with Crippen molar-refractivity contribution in [3.05, 3.63) is 0 Å². The third kappa shape index (κ3) is 4.37. The maximum absolute atomic E-state index is 11.4. The van der Waals surface area contributed by atoms with Gasteiger partial charge in [-0.15, -0.1) is 0 Å². The number of hydrogen-bond donors (Lipinski definition) is 6. The first-order valence-corrected chi connectivity index (χ1v) is 8.63. The van der Waals surface area contributed by atoms with Crippen molar-refractivity contribution in [1.82, 2.24) is 0 Å². The van der Waals surface area contributed by atoms with Crippen LogP contribution in [0.3, 0.4) is 0 Å². The van der Waals surface area contributed by atoms with Crippen LogP contribution in [0.2, 0.25) is 0 Å². The van der Waals surface area contributed by atoms with Crippen LogP contribution >= 0.6 is 15.2 Å². The summed E-state index contributed by atoms with van der Waals surface area (Å²) < 4.78 is 22.6. The van der Waals surface area contributed by atoms with Gasteiger partial charge < -0.3 is 29.8 Å². The predicted octanol–water partition coefficient (Wildman–Crippen LogP) is -0.191. The van der Waals surface area contributed by atoms with Crippen molar-refractivity contribution in [1.29, 1.82) is 0 Å². The normalized spacial score (nSPS) is 17.2. The standard InChI is InChI=1S/C8H16O10P2/c1-2-5(19(13,14)15)3-8(7(11)12,4-6(9)10)20(16,17)18/h5H,2-4H2,1H3,(H,9,10)(H,11,12)(H2,13,14,15)(H2,16,17,18). The van der Waals surface area contributed by atoms with Crippen LogP contribution in [-0.2, 0) is 18.7 Å². The number of carboxylic acid groups (broad SMARTS) is 2. The van der Waals surface area contributed by atoms with Crippen molar-refractivity contribution < 1.29 is 48.5 Å². The molecule has 0 aromatic rings. The molecule has 0 aliphatic carbocycles. The summed E-state index contributed by atoms with van der Waals surface area (Å²) in [7, 11) is -10.3. The Bertz CT molecular complexity index is 476. The van der Waals surface area contributed by atoms with Crippen LogP contribution in [-0.4, -0.2) is 52.5 Å². The lowest BCUT2D eigenvalue weighted by Crippen LogP contribution is -2.43. The second-order valence-electron chi connectivity index (χ2n) is 4.31. The van der Waals surface area contributed by atoms with E-state index in [9.17, 15) is 28.5 Å². The van der Waals surface area contributed by atoms with E-state index in [0.717, 1.165) is 0 Å². The molecule has 0 aliphatic heterocycles. The molecule has 2 atom stereocenters. The van der Waals surface area contributed by atoms with Gasteiger partial charge in [0.1, 0.15) is 0 Å². The number of carbonyl (C=O) groups is 2. The minimum atomic E-state index is -5.48. The van der Waals surface area contributed by atoms with E-state index in [4.69, 9.17) is 20.0 Å². The van der Waals surface area contributed by atoms with Crippen molar-refractivity contribution in [3.63, 3.8) is 0 Å². The van der Waals surface area contributed by atoms with Gasteiger partial charge in [0.05, 0.1) is 12.1 Å². The average Bonchev–Trinajstić information content (AvgIpc) is 2.19. The molecule has 2 unspecified atom stereocenters. The maximum atomic E-state index is 11.4. The number of aliphatic carboxylic acids is 2. The Morgan fingerprint density at radius 1 is 1.10 bits per heavy atom. The Kier molecular flexibility index (Phi) is 6.10. The van der Waals surface area contributed by atoms with Gasteiger partial charge in [-0.3, -0.25) is 18.7 Å². The first-order chi connectivity index (χ1) is 8.78. The van der Waals surface area contributed by atoms with E-state index >= 15 is 0 Å². The summed E-state index contributed by atoms with van der Waals surface area (Å²) in [5.41, 5.74) is -1.66. The van der Waals surface area contributed by atoms with Crippen molar-refractivity contribution in [2.45, 2.75) is 37.0 Å². The fourth-order valence-electron chi connectivity index (χ4n) is 1.72. The zero-order valence-electron chi connectivity index (χ0n) is 10.4. The highest BCUT2D eigenvalue weighted by molar-refractivity contribution is 7.55. The monoisotopic (exact) mass is 334 g/mol. The van der Waals surface area contributed by atoms with Gasteiger partial charge in [0.25, 0.3) is 0 Å². The molecule has 0 aromatic heterocycles. The van der Waals surface area contributed by atoms with Gasteiger partial charge >= 0.3 is 27.1 Å². The lowest BCUT2D eigenvalue weighted by Gasteiger charge is -2.32. The smallest absolute Gasteiger partial charge is 0.343 e. The SMILES string of the molecule is CCC(CC(CC(=O)O)(C(=O)O)P(=O)(O)O)P(=O)(O)O. The summed E-state index contributed by atoms with van der Waals surface area (Å²) in [6.07, 6.45) is -2.85. The van der Waals surface area contributed by atoms with Gasteiger partial charge in [-0.05, 0) is 12.8 Å². The molecular weight excluding hydrogens is 318 g/mol. The third-order valence-corrected chi connectivity index (χ3v) is 6.07. The molecule has 6 N–H and O–H groups in total. The molecule has 0 spiro atoms. The van der Waals surface area contributed by atoms with Crippen molar-refractivity contribution in [2.24, 2.45) is 0 Å². The lowest BCUT2D eigenvalue weighted by atomic mass is 9.97. The lowest BCUT2D eigenvalue weighted by molar-refractivity contribution is -0.147. The number of carboxylic acids is 2. The van der Waals surface area contributed by atoms with Gasteiger partial charge in [-0.25, -0.2) is 0 Å². The summed E-state index contributed by atoms with van der Waals surface area (Å²) in [6, 6.07) is 0. The van der Waals surface area contributed by atoms with E-state index in [1.54, 1.807) is 0 Å². The largest absolute Gasteiger partial charge is 0.481 e. The Hall–Kier alpha value is -0.760. The molecule has 0 bridgehead atoms. The summed E-state index contributed by atoms with van der Waals surface area (Å²) in [5, 5.41) is 14.6. The Labute approximate surface area is 113 Å². The molecule has 0 saturated heterocycles. The summed E-state index contributed by atoms with van der Waals surface area (Å²) in [5.74, 6) is -3.91. The molecule has 0 rings (SSSR count). The fraction of sp³-hybridized carbons (Fsp3) is 0.750. The molecule has 0 amide bonds. The topological polar surface area (TPSA) is 190 Å². The zero-order valence-corrected chi connectivity index (χ0v) is 12.2. The molecule has 0 heterocycles. The molecule has 0 aromatic carbocycles. The molecule has 0 saturated carbocycles. The summed E-state index contributed by atoms with van der Waals surface area (Å²) in [6.45, 7) is 1.29.